The van der Waals surface area contributed by atoms with E-state index in [-0.39, 0.29) is 12.0 Å². The van der Waals surface area contributed by atoms with E-state index in [9.17, 15) is 4.79 Å². The van der Waals surface area contributed by atoms with E-state index in [4.69, 9.17) is 4.74 Å². The fourth-order valence-electron chi connectivity index (χ4n) is 4.11. The predicted molar refractivity (Wildman–Crippen MR) is 101 cm³/mol. The van der Waals surface area contributed by atoms with Gasteiger partial charge in [0.2, 0.25) is 0 Å². The number of hydrogen-bond donors (Lipinski definition) is 0. The van der Waals surface area contributed by atoms with Crippen LogP contribution in [0.5, 0.6) is 0 Å². The largest absolute Gasteiger partial charge is 0.369 e. The van der Waals surface area contributed by atoms with Crippen molar-refractivity contribution in [3.8, 4) is 0 Å². The molecule has 2 atom stereocenters. The molecule has 0 bridgehead atoms. The Morgan fingerprint density at radius 1 is 0.920 bits per heavy atom. The lowest BCUT2D eigenvalue weighted by Gasteiger charge is -2.35. The molecule has 0 spiro atoms. The number of benzene rings is 2. The molecule has 0 aliphatic heterocycles. The first-order valence-corrected chi connectivity index (χ1v) is 9.52. The Bertz CT molecular complexity index is 617. The standard InChI is InChI=1S/C23H28O2/c24-17-16-22(20-12-6-2-7-13-20)23(21-14-8-3-9-15-21)25-18-19-10-4-1-5-11-19/h1,3-5,8-11,14-15,17,20,22-23H,2,6-7,12-13,16,18H2/t22-,23-/m1/s1. The first-order chi connectivity index (χ1) is 12.4. The Morgan fingerprint density at radius 2 is 1.56 bits per heavy atom. The molecule has 1 saturated carbocycles. The minimum absolute atomic E-state index is 0.0188. The summed E-state index contributed by atoms with van der Waals surface area (Å²) in [5.74, 6) is 0.851. The predicted octanol–water partition coefficient (Wildman–Crippen LogP) is 5.73. The molecule has 0 radical (unpaired) electrons. The molecular formula is C23H28O2. The van der Waals surface area contributed by atoms with Gasteiger partial charge >= 0.3 is 0 Å². The van der Waals surface area contributed by atoms with Gasteiger partial charge in [-0.3, -0.25) is 0 Å². The zero-order valence-electron chi connectivity index (χ0n) is 14.8. The van der Waals surface area contributed by atoms with Crippen LogP contribution in [-0.4, -0.2) is 6.29 Å². The van der Waals surface area contributed by atoms with Crippen molar-refractivity contribution in [2.45, 2.75) is 51.2 Å². The van der Waals surface area contributed by atoms with Crippen LogP contribution in [0.1, 0.15) is 55.8 Å². The molecule has 0 aromatic heterocycles. The lowest BCUT2D eigenvalue weighted by molar-refractivity contribution is -0.111. The summed E-state index contributed by atoms with van der Waals surface area (Å²) in [5.41, 5.74) is 2.37. The highest BCUT2D eigenvalue weighted by atomic mass is 16.5. The van der Waals surface area contributed by atoms with Crippen LogP contribution >= 0.6 is 0 Å². The van der Waals surface area contributed by atoms with Crippen molar-refractivity contribution in [2.24, 2.45) is 11.8 Å². The number of hydrogen-bond acceptors (Lipinski definition) is 2. The topological polar surface area (TPSA) is 26.3 Å². The van der Waals surface area contributed by atoms with Crippen LogP contribution in [0.4, 0.5) is 0 Å². The average Bonchev–Trinajstić information content (AvgIpc) is 2.69. The second-order valence-corrected chi connectivity index (χ2v) is 7.09. The summed E-state index contributed by atoms with van der Waals surface area (Å²) in [4.78, 5) is 11.4. The van der Waals surface area contributed by atoms with Gasteiger partial charge in [0.15, 0.2) is 0 Å². The Morgan fingerprint density at radius 3 is 2.20 bits per heavy atom. The zero-order chi connectivity index (χ0) is 17.3. The third-order valence-electron chi connectivity index (χ3n) is 5.41. The Labute approximate surface area is 151 Å². The number of rotatable bonds is 8. The fourth-order valence-corrected chi connectivity index (χ4v) is 4.11. The first-order valence-electron chi connectivity index (χ1n) is 9.52. The van der Waals surface area contributed by atoms with Crippen molar-refractivity contribution >= 4 is 6.29 Å². The lowest BCUT2D eigenvalue weighted by Crippen LogP contribution is -2.26. The molecular weight excluding hydrogens is 308 g/mol. The minimum atomic E-state index is -0.0188. The summed E-state index contributed by atoms with van der Waals surface area (Å²) in [6.07, 6.45) is 7.97. The molecule has 25 heavy (non-hydrogen) atoms. The molecule has 3 rings (SSSR count). The van der Waals surface area contributed by atoms with E-state index in [1.807, 2.05) is 24.3 Å². The van der Waals surface area contributed by atoms with Crippen molar-refractivity contribution in [1.29, 1.82) is 0 Å². The molecule has 0 N–H and O–H groups in total. The molecule has 0 amide bonds. The Kier molecular flexibility index (Phi) is 6.81. The van der Waals surface area contributed by atoms with E-state index >= 15 is 0 Å². The summed E-state index contributed by atoms with van der Waals surface area (Å²) in [7, 11) is 0. The molecule has 1 aliphatic carbocycles. The second-order valence-electron chi connectivity index (χ2n) is 7.09. The minimum Gasteiger partial charge on any atom is -0.369 e. The van der Waals surface area contributed by atoms with Gasteiger partial charge < -0.3 is 9.53 Å². The van der Waals surface area contributed by atoms with Gasteiger partial charge in [-0.25, -0.2) is 0 Å². The second kappa shape index (κ2) is 9.53. The fraction of sp³-hybridized carbons (Fsp3) is 0.435. The van der Waals surface area contributed by atoms with E-state index in [0.717, 1.165) is 6.29 Å². The molecule has 0 unspecified atom stereocenters. The van der Waals surface area contributed by atoms with Gasteiger partial charge in [0.25, 0.3) is 0 Å². The van der Waals surface area contributed by atoms with Crippen LogP contribution < -0.4 is 0 Å². The van der Waals surface area contributed by atoms with Gasteiger partial charge in [0.05, 0.1) is 12.7 Å². The van der Waals surface area contributed by atoms with Crippen LogP contribution in [0.2, 0.25) is 0 Å². The van der Waals surface area contributed by atoms with Crippen molar-refractivity contribution in [3.63, 3.8) is 0 Å². The van der Waals surface area contributed by atoms with Gasteiger partial charge in [-0.2, -0.15) is 0 Å². The van der Waals surface area contributed by atoms with E-state index in [0.29, 0.717) is 18.9 Å². The highest BCUT2D eigenvalue weighted by Crippen LogP contribution is 2.40. The van der Waals surface area contributed by atoms with Crippen molar-refractivity contribution in [1.82, 2.24) is 0 Å². The molecule has 0 saturated heterocycles. The van der Waals surface area contributed by atoms with Crippen LogP contribution in [0, 0.1) is 11.8 Å². The summed E-state index contributed by atoms with van der Waals surface area (Å²) in [6.45, 7) is 0.586. The SMILES string of the molecule is O=CC[C@H](C1CCCCC1)[C@H](OCc1ccccc1)c1ccccc1. The molecule has 1 fully saturated rings. The third-order valence-corrected chi connectivity index (χ3v) is 5.41. The maximum Gasteiger partial charge on any atom is 0.120 e. The number of carbonyl (C=O) groups excluding carboxylic acids is 1. The van der Waals surface area contributed by atoms with Crippen LogP contribution in [0.25, 0.3) is 0 Å². The number of ether oxygens (including phenoxy) is 1. The Hall–Kier alpha value is -1.93. The van der Waals surface area contributed by atoms with Gasteiger partial charge in [-0.15, -0.1) is 0 Å². The van der Waals surface area contributed by atoms with Gasteiger partial charge in [-0.1, -0.05) is 92.8 Å². The maximum atomic E-state index is 11.4. The van der Waals surface area contributed by atoms with E-state index in [1.165, 1.54) is 43.2 Å². The number of carbonyl (C=O) groups is 1. The molecule has 132 valence electrons. The average molecular weight is 336 g/mol. The molecule has 1 aliphatic rings. The summed E-state index contributed by atoms with van der Waals surface area (Å²) in [5, 5.41) is 0. The highest BCUT2D eigenvalue weighted by molar-refractivity contribution is 5.50. The van der Waals surface area contributed by atoms with Gasteiger partial charge in [0, 0.05) is 6.42 Å². The van der Waals surface area contributed by atoms with Crippen LogP contribution in [0.15, 0.2) is 60.7 Å². The number of aldehydes is 1. The summed E-state index contributed by atoms with van der Waals surface area (Å²) in [6, 6.07) is 20.7. The van der Waals surface area contributed by atoms with Crippen LogP contribution in [0.3, 0.4) is 0 Å². The van der Waals surface area contributed by atoms with Crippen LogP contribution in [-0.2, 0) is 16.1 Å². The van der Waals surface area contributed by atoms with Gasteiger partial charge in [0.1, 0.15) is 6.29 Å². The molecule has 2 aromatic rings. The normalized spacial score (nSPS) is 17.8. The first kappa shape index (κ1) is 17.9. The summed E-state index contributed by atoms with van der Waals surface area (Å²) < 4.78 is 6.42. The quantitative estimate of drug-likeness (QED) is 0.575. The van der Waals surface area contributed by atoms with Gasteiger partial charge in [-0.05, 0) is 23.0 Å². The maximum absolute atomic E-state index is 11.4. The van der Waals surface area contributed by atoms with E-state index in [1.54, 1.807) is 0 Å². The lowest BCUT2D eigenvalue weighted by atomic mass is 9.74. The van der Waals surface area contributed by atoms with E-state index in [2.05, 4.69) is 36.4 Å². The van der Waals surface area contributed by atoms with E-state index < -0.39 is 0 Å². The molecule has 2 aromatic carbocycles. The summed E-state index contributed by atoms with van der Waals surface area (Å²) >= 11 is 0. The molecule has 0 heterocycles. The zero-order valence-corrected chi connectivity index (χ0v) is 14.8. The van der Waals surface area contributed by atoms with Crippen molar-refractivity contribution in [3.05, 3.63) is 71.8 Å². The molecule has 2 nitrogen and oxygen atoms in total. The highest BCUT2D eigenvalue weighted by Gasteiger charge is 2.32. The van der Waals surface area contributed by atoms with Crippen molar-refractivity contribution in [2.75, 3.05) is 0 Å². The third kappa shape index (κ3) is 5.02. The molecule has 2 heteroatoms. The van der Waals surface area contributed by atoms with Crippen molar-refractivity contribution < 1.29 is 9.53 Å². The smallest absolute Gasteiger partial charge is 0.120 e. The monoisotopic (exact) mass is 336 g/mol. The Balaban J connectivity index is 1.81.